The molecule has 2 rings (SSSR count). The molecular weight excluding hydrogens is 186 g/mol. The third-order valence-corrected chi connectivity index (χ3v) is 2.49. The van der Waals surface area contributed by atoms with E-state index in [4.69, 9.17) is 9.52 Å². The Balaban J connectivity index is 2.43. The lowest BCUT2D eigenvalue weighted by Crippen LogP contribution is -1.84. The van der Waals surface area contributed by atoms with Gasteiger partial charge < -0.3 is 9.52 Å². The maximum atomic E-state index is 8.91. The summed E-state index contributed by atoms with van der Waals surface area (Å²) in [4.78, 5) is 4.16. The summed E-state index contributed by atoms with van der Waals surface area (Å²) in [5, 5.41) is 12.8. The van der Waals surface area contributed by atoms with Crippen molar-refractivity contribution >= 4 is 11.3 Å². The second-order valence-electron chi connectivity index (χ2n) is 2.69. The fraction of sp³-hybridized carbons (Fsp3) is 0.222. The van der Waals surface area contributed by atoms with Crippen LogP contribution in [0.2, 0.25) is 0 Å². The quantitative estimate of drug-likeness (QED) is 0.799. The number of aliphatic hydroxyl groups excluding tert-OH is 1. The highest BCUT2D eigenvalue weighted by atomic mass is 32.1. The minimum absolute atomic E-state index is 0.0700. The molecule has 0 saturated heterocycles. The first-order valence-corrected chi connectivity index (χ1v) is 4.85. The predicted octanol–water partition coefficient (Wildman–Crippen LogP) is 2.20. The molecule has 0 bridgehead atoms. The van der Waals surface area contributed by atoms with E-state index in [2.05, 4.69) is 4.98 Å². The van der Waals surface area contributed by atoms with Gasteiger partial charge in [-0.3, -0.25) is 0 Å². The summed E-state index contributed by atoms with van der Waals surface area (Å²) < 4.78 is 5.39. The molecule has 0 aliphatic carbocycles. The predicted molar refractivity (Wildman–Crippen MR) is 50.5 cm³/mol. The Bertz CT molecular complexity index is 392. The number of aromatic nitrogens is 1. The first kappa shape index (κ1) is 8.47. The van der Waals surface area contributed by atoms with Crippen molar-refractivity contribution in [3.63, 3.8) is 0 Å². The molecule has 0 radical (unpaired) electrons. The maximum Gasteiger partial charge on any atom is 0.227 e. The fourth-order valence-corrected chi connectivity index (χ4v) is 1.71. The Labute approximate surface area is 79.7 Å². The summed E-state index contributed by atoms with van der Waals surface area (Å²) in [6.45, 7) is 1.73. The highest BCUT2D eigenvalue weighted by Gasteiger charge is 2.09. The number of nitrogens with zero attached hydrogens (tertiary/aromatic N) is 1. The number of oxazole rings is 1. The zero-order chi connectivity index (χ0) is 9.26. The lowest BCUT2D eigenvalue weighted by molar-refractivity contribution is 0.275. The van der Waals surface area contributed by atoms with E-state index in [1.54, 1.807) is 18.3 Å². The van der Waals surface area contributed by atoms with Crippen molar-refractivity contribution in [1.82, 2.24) is 4.98 Å². The van der Waals surface area contributed by atoms with Gasteiger partial charge in [0.25, 0.3) is 0 Å². The van der Waals surface area contributed by atoms with Gasteiger partial charge >= 0.3 is 0 Å². The third kappa shape index (κ3) is 1.50. The van der Waals surface area contributed by atoms with Gasteiger partial charge in [0.05, 0.1) is 6.61 Å². The molecular formula is C9H9NO2S. The normalized spacial score (nSPS) is 10.6. The van der Waals surface area contributed by atoms with Crippen LogP contribution in [0.5, 0.6) is 0 Å². The number of hydrogen-bond acceptors (Lipinski definition) is 4. The van der Waals surface area contributed by atoms with Gasteiger partial charge in [0, 0.05) is 10.9 Å². The van der Waals surface area contributed by atoms with E-state index in [-0.39, 0.29) is 6.61 Å². The molecule has 2 aromatic heterocycles. The van der Waals surface area contributed by atoms with Crippen molar-refractivity contribution in [2.45, 2.75) is 13.5 Å². The molecule has 13 heavy (non-hydrogen) atoms. The van der Waals surface area contributed by atoms with E-state index >= 15 is 0 Å². The van der Waals surface area contributed by atoms with Crippen LogP contribution in [0.15, 0.2) is 21.2 Å². The Hall–Kier alpha value is -1.13. The maximum absolute atomic E-state index is 8.91. The zero-order valence-corrected chi connectivity index (χ0v) is 7.97. The number of thiophene rings is 1. The van der Waals surface area contributed by atoms with Gasteiger partial charge in [-0.2, -0.15) is 11.3 Å². The zero-order valence-electron chi connectivity index (χ0n) is 7.15. The van der Waals surface area contributed by atoms with Gasteiger partial charge in [-0.15, -0.1) is 0 Å². The smallest absolute Gasteiger partial charge is 0.227 e. The molecule has 0 aromatic carbocycles. The Morgan fingerprint density at radius 3 is 3.00 bits per heavy atom. The monoisotopic (exact) mass is 195 g/mol. The Morgan fingerprint density at radius 2 is 2.46 bits per heavy atom. The SMILES string of the molecule is Cc1oc(-c2ccsc2)nc1CO. The molecule has 1 N–H and O–H groups in total. The van der Waals surface area contributed by atoms with Crippen molar-refractivity contribution < 1.29 is 9.52 Å². The van der Waals surface area contributed by atoms with Gasteiger partial charge in [-0.1, -0.05) is 0 Å². The molecule has 4 heteroatoms. The summed E-state index contributed by atoms with van der Waals surface area (Å²) in [6.07, 6.45) is 0. The average Bonchev–Trinajstić information content (AvgIpc) is 2.71. The molecule has 0 unspecified atom stereocenters. The second kappa shape index (κ2) is 3.32. The van der Waals surface area contributed by atoms with E-state index in [1.165, 1.54) is 0 Å². The molecule has 0 amide bonds. The highest BCUT2D eigenvalue weighted by molar-refractivity contribution is 7.08. The van der Waals surface area contributed by atoms with Gasteiger partial charge in [0.15, 0.2) is 0 Å². The van der Waals surface area contributed by atoms with Crippen molar-refractivity contribution in [3.8, 4) is 11.5 Å². The molecule has 2 aromatic rings. The summed E-state index contributed by atoms with van der Waals surface area (Å²) >= 11 is 1.59. The summed E-state index contributed by atoms with van der Waals surface area (Å²) in [5.41, 5.74) is 1.58. The number of aliphatic hydroxyl groups is 1. The lowest BCUT2D eigenvalue weighted by atomic mass is 10.3. The number of rotatable bonds is 2. The average molecular weight is 195 g/mol. The van der Waals surface area contributed by atoms with Crippen LogP contribution in [0.4, 0.5) is 0 Å². The van der Waals surface area contributed by atoms with Crippen LogP contribution in [-0.2, 0) is 6.61 Å². The highest BCUT2D eigenvalue weighted by Crippen LogP contribution is 2.23. The first-order chi connectivity index (χ1) is 6.31. The van der Waals surface area contributed by atoms with Crippen LogP contribution in [0.3, 0.4) is 0 Å². The first-order valence-electron chi connectivity index (χ1n) is 3.91. The van der Waals surface area contributed by atoms with Crippen molar-refractivity contribution in [3.05, 3.63) is 28.3 Å². The van der Waals surface area contributed by atoms with Gasteiger partial charge in [-0.25, -0.2) is 4.98 Å². The van der Waals surface area contributed by atoms with E-state index in [0.717, 1.165) is 5.56 Å². The van der Waals surface area contributed by atoms with E-state index in [1.807, 2.05) is 16.8 Å². The van der Waals surface area contributed by atoms with E-state index in [9.17, 15) is 0 Å². The topological polar surface area (TPSA) is 46.3 Å². The summed E-state index contributed by atoms with van der Waals surface area (Å²) in [7, 11) is 0. The van der Waals surface area contributed by atoms with Crippen LogP contribution < -0.4 is 0 Å². The fourth-order valence-electron chi connectivity index (χ4n) is 1.08. The molecule has 0 aliphatic heterocycles. The molecule has 3 nitrogen and oxygen atoms in total. The number of aryl methyl sites for hydroxylation is 1. The second-order valence-corrected chi connectivity index (χ2v) is 3.47. The molecule has 68 valence electrons. The minimum Gasteiger partial charge on any atom is -0.441 e. The van der Waals surface area contributed by atoms with E-state index < -0.39 is 0 Å². The van der Waals surface area contributed by atoms with Gasteiger partial charge in [0.2, 0.25) is 5.89 Å². The Kier molecular flexibility index (Phi) is 2.16. The lowest BCUT2D eigenvalue weighted by Gasteiger charge is -1.85. The third-order valence-electron chi connectivity index (χ3n) is 1.81. The van der Waals surface area contributed by atoms with Gasteiger partial charge in [-0.05, 0) is 18.4 Å². The number of hydrogen-bond donors (Lipinski definition) is 1. The van der Waals surface area contributed by atoms with Gasteiger partial charge in [0.1, 0.15) is 11.5 Å². The molecule has 0 saturated carbocycles. The molecule has 0 atom stereocenters. The van der Waals surface area contributed by atoms with Crippen LogP contribution in [0, 0.1) is 6.92 Å². The van der Waals surface area contributed by atoms with Crippen molar-refractivity contribution in [1.29, 1.82) is 0 Å². The van der Waals surface area contributed by atoms with Crippen molar-refractivity contribution in [2.24, 2.45) is 0 Å². The van der Waals surface area contributed by atoms with Crippen LogP contribution >= 0.6 is 11.3 Å². The molecule has 0 spiro atoms. The van der Waals surface area contributed by atoms with Crippen LogP contribution in [0.1, 0.15) is 11.5 Å². The molecule has 0 aliphatic rings. The van der Waals surface area contributed by atoms with Crippen LogP contribution in [0.25, 0.3) is 11.5 Å². The minimum atomic E-state index is -0.0700. The van der Waals surface area contributed by atoms with Crippen molar-refractivity contribution in [2.75, 3.05) is 0 Å². The summed E-state index contributed by atoms with van der Waals surface area (Å²) in [6, 6.07) is 1.94. The van der Waals surface area contributed by atoms with Crippen LogP contribution in [-0.4, -0.2) is 10.1 Å². The standard InChI is InChI=1S/C9H9NO2S/c1-6-8(4-11)10-9(12-6)7-2-3-13-5-7/h2-3,5,11H,4H2,1H3. The van der Waals surface area contributed by atoms with E-state index in [0.29, 0.717) is 17.3 Å². The molecule has 2 heterocycles. The largest absolute Gasteiger partial charge is 0.441 e. The Morgan fingerprint density at radius 1 is 1.62 bits per heavy atom. The molecule has 0 fully saturated rings. The summed E-state index contributed by atoms with van der Waals surface area (Å²) in [5.74, 6) is 1.27.